The molecular weight excluding hydrogens is 286 g/mol. The number of thiazole rings is 1. The molecule has 0 aliphatic heterocycles. The molecule has 0 spiro atoms. The van der Waals surface area contributed by atoms with Crippen molar-refractivity contribution in [3.8, 4) is 0 Å². The van der Waals surface area contributed by atoms with Crippen LogP contribution >= 0.6 is 11.3 Å². The van der Waals surface area contributed by atoms with Gasteiger partial charge in [0, 0.05) is 23.7 Å². The van der Waals surface area contributed by atoms with E-state index in [9.17, 15) is 4.79 Å². The normalized spacial score (nSPS) is 11.2. The van der Waals surface area contributed by atoms with Crippen molar-refractivity contribution in [2.75, 3.05) is 0 Å². The van der Waals surface area contributed by atoms with Crippen LogP contribution in [0.1, 0.15) is 41.0 Å². The molecule has 0 fully saturated rings. The van der Waals surface area contributed by atoms with Gasteiger partial charge in [0.05, 0.1) is 29.6 Å². The fourth-order valence-corrected chi connectivity index (χ4v) is 2.76. The summed E-state index contributed by atoms with van der Waals surface area (Å²) < 4.78 is 1.90. The number of imidazole rings is 1. The van der Waals surface area contributed by atoms with Crippen molar-refractivity contribution in [3.05, 3.63) is 46.6 Å². The van der Waals surface area contributed by atoms with Crippen molar-refractivity contribution in [3.63, 3.8) is 0 Å². The Morgan fingerprint density at radius 2 is 2.29 bits per heavy atom. The molecule has 0 aromatic carbocycles. The molecule has 3 heterocycles. The molecule has 3 rings (SSSR count). The topological polar surface area (TPSA) is 72.2 Å². The number of fused-ring (bicyclic) bond motifs is 1. The van der Waals surface area contributed by atoms with Crippen LogP contribution < -0.4 is 5.32 Å². The van der Waals surface area contributed by atoms with Crippen LogP contribution in [0.3, 0.4) is 0 Å². The minimum atomic E-state index is -0.165. The highest BCUT2D eigenvalue weighted by molar-refractivity contribution is 7.09. The van der Waals surface area contributed by atoms with Gasteiger partial charge in [0.15, 0.2) is 5.65 Å². The molecule has 21 heavy (non-hydrogen) atoms. The molecule has 0 bridgehead atoms. The Bertz CT molecular complexity index is 776. The first-order valence-electron chi connectivity index (χ1n) is 6.64. The van der Waals surface area contributed by atoms with Gasteiger partial charge in [-0.15, -0.1) is 11.3 Å². The SMILES string of the molecule is CC(C)c1nc(C(=O)NCc2cnc3cnccn23)cs1. The second-order valence-electron chi connectivity index (χ2n) is 4.96. The number of rotatable bonds is 4. The van der Waals surface area contributed by atoms with E-state index in [1.165, 1.54) is 11.3 Å². The van der Waals surface area contributed by atoms with Gasteiger partial charge in [-0.05, 0) is 0 Å². The van der Waals surface area contributed by atoms with E-state index in [0.29, 0.717) is 18.2 Å². The van der Waals surface area contributed by atoms with Gasteiger partial charge >= 0.3 is 0 Å². The first kappa shape index (κ1) is 13.7. The molecule has 1 amide bonds. The lowest BCUT2D eigenvalue weighted by atomic mass is 10.2. The molecule has 108 valence electrons. The average molecular weight is 301 g/mol. The van der Waals surface area contributed by atoms with Gasteiger partial charge in [-0.3, -0.25) is 14.2 Å². The van der Waals surface area contributed by atoms with E-state index in [4.69, 9.17) is 0 Å². The Morgan fingerprint density at radius 3 is 3.05 bits per heavy atom. The minimum Gasteiger partial charge on any atom is -0.345 e. The molecule has 7 heteroatoms. The third-order valence-corrected chi connectivity index (χ3v) is 4.22. The number of carbonyl (C=O) groups excluding carboxylic acids is 1. The summed E-state index contributed by atoms with van der Waals surface area (Å²) in [6.07, 6.45) is 6.93. The quantitative estimate of drug-likeness (QED) is 0.802. The highest BCUT2D eigenvalue weighted by Gasteiger charge is 2.13. The number of hydrogen-bond donors (Lipinski definition) is 1. The summed E-state index contributed by atoms with van der Waals surface area (Å²) in [6.45, 7) is 4.53. The molecule has 3 aromatic rings. The van der Waals surface area contributed by atoms with E-state index in [-0.39, 0.29) is 5.91 Å². The van der Waals surface area contributed by atoms with Gasteiger partial charge in [-0.1, -0.05) is 13.8 Å². The van der Waals surface area contributed by atoms with Crippen LogP contribution in [0.4, 0.5) is 0 Å². The van der Waals surface area contributed by atoms with Crippen molar-refractivity contribution in [1.82, 2.24) is 24.7 Å². The maximum Gasteiger partial charge on any atom is 0.271 e. The number of hydrogen-bond acceptors (Lipinski definition) is 5. The standard InChI is InChI=1S/C14H15N5OS/c1-9(2)14-18-11(8-21-14)13(20)17-6-10-5-16-12-7-15-3-4-19(10)12/h3-5,7-9H,6H2,1-2H3,(H,17,20). The monoisotopic (exact) mass is 301 g/mol. The van der Waals surface area contributed by atoms with Crippen LogP contribution in [0, 0.1) is 0 Å². The molecule has 1 N–H and O–H groups in total. The smallest absolute Gasteiger partial charge is 0.271 e. The Hall–Kier alpha value is -2.28. The summed E-state index contributed by atoms with van der Waals surface area (Å²) >= 11 is 1.51. The van der Waals surface area contributed by atoms with E-state index in [1.807, 2.05) is 10.6 Å². The van der Waals surface area contributed by atoms with E-state index >= 15 is 0 Å². The van der Waals surface area contributed by atoms with E-state index in [0.717, 1.165) is 16.3 Å². The van der Waals surface area contributed by atoms with Gasteiger partial charge in [-0.2, -0.15) is 0 Å². The molecule has 0 unspecified atom stereocenters. The van der Waals surface area contributed by atoms with E-state index in [2.05, 4.69) is 34.1 Å². The maximum atomic E-state index is 12.1. The van der Waals surface area contributed by atoms with E-state index in [1.54, 1.807) is 24.0 Å². The summed E-state index contributed by atoms with van der Waals surface area (Å²) in [5.41, 5.74) is 2.14. The Morgan fingerprint density at radius 1 is 1.43 bits per heavy atom. The fourth-order valence-electron chi connectivity index (χ4n) is 1.94. The van der Waals surface area contributed by atoms with Gasteiger partial charge in [0.25, 0.3) is 5.91 Å². The largest absolute Gasteiger partial charge is 0.345 e. The second-order valence-corrected chi connectivity index (χ2v) is 5.85. The molecule has 0 aliphatic carbocycles. The predicted octanol–water partition coefficient (Wildman–Crippen LogP) is 2.24. The second kappa shape index (κ2) is 5.61. The third-order valence-electron chi connectivity index (χ3n) is 3.07. The van der Waals surface area contributed by atoms with Crippen LogP contribution in [0.15, 0.2) is 30.2 Å². The summed E-state index contributed by atoms with van der Waals surface area (Å²) in [7, 11) is 0. The van der Waals surface area contributed by atoms with Crippen molar-refractivity contribution in [2.45, 2.75) is 26.3 Å². The van der Waals surface area contributed by atoms with Gasteiger partial charge in [0.1, 0.15) is 5.69 Å². The zero-order valence-electron chi connectivity index (χ0n) is 11.8. The first-order valence-corrected chi connectivity index (χ1v) is 7.52. The minimum absolute atomic E-state index is 0.165. The van der Waals surface area contributed by atoms with Crippen LogP contribution in [-0.2, 0) is 6.54 Å². The fraction of sp³-hybridized carbons (Fsp3) is 0.286. The lowest BCUT2D eigenvalue weighted by Crippen LogP contribution is -2.23. The number of nitrogens with zero attached hydrogens (tertiary/aromatic N) is 4. The molecule has 6 nitrogen and oxygen atoms in total. The third kappa shape index (κ3) is 2.78. The zero-order chi connectivity index (χ0) is 14.8. The Kier molecular flexibility index (Phi) is 3.66. The van der Waals surface area contributed by atoms with Gasteiger partial charge in [-0.25, -0.2) is 9.97 Å². The zero-order valence-corrected chi connectivity index (χ0v) is 12.6. The van der Waals surface area contributed by atoms with Crippen molar-refractivity contribution in [1.29, 1.82) is 0 Å². The molecule has 0 radical (unpaired) electrons. The van der Waals surface area contributed by atoms with Gasteiger partial charge < -0.3 is 5.32 Å². The molecule has 0 saturated carbocycles. The highest BCUT2D eigenvalue weighted by Crippen LogP contribution is 2.19. The predicted molar refractivity (Wildman–Crippen MR) is 80.4 cm³/mol. The first-order chi connectivity index (χ1) is 10.1. The summed E-state index contributed by atoms with van der Waals surface area (Å²) in [5, 5.41) is 5.64. The van der Waals surface area contributed by atoms with Crippen molar-refractivity contribution in [2.24, 2.45) is 0 Å². The summed E-state index contributed by atoms with van der Waals surface area (Å²) in [4.78, 5) is 24.7. The Labute approximate surface area is 125 Å². The molecule has 0 saturated heterocycles. The number of nitrogens with one attached hydrogen (secondary N) is 1. The lowest BCUT2D eigenvalue weighted by Gasteiger charge is -2.03. The van der Waals surface area contributed by atoms with Crippen molar-refractivity contribution >= 4 is 22.9 Å². The molecule has 0 aliphatic rings. The van der Waals surface area contributed by atoms with Crippen LogP contribution in [0.25, 0.3) is 5.65 Å². The average Bonchev–Trinajstić information content (AvgIpc) is 3.12. The molecule has 0 atom stereocenters. The number of carbonyl (C=O) groups is 1. The van der Waals surface area contributed by atoms with Crippen LogP contribution in [-0.4, -0.2) is 25.3 Å². The number of amides is 1. The Balaban J connectivity index is 1.70. The summed E-state index contributed by atoms with van der Waals surface area (Å²) in [6, 6.07) is 0. The summed E-state index contributed by atoms with van der Waals surface area (Å²) in [5.74, 6) is 0.171. The van der Waals surface area contributed by atoms with Crippen LogP contribution in [0.2, 0.25) is 0 Å². The highest BCUT2D eigenvalue weighted by atomic mass is 32.1. The van der Waals surface area contributed by atoms with E-state index < -0.39 is 0 Å². The number of aromatic nitrogens is 4. The lowest BCUT2D eigenvalue weighted by molar-refractivity contribution is 0.0946. The molecular formula is C14H15N5OS. The van der Waals surface area contributed by atoms with Crippen LogP contribution in [0.5, 0.6) is 0 Å². The maximum absolute atomic E-state index is 12.1. The van der Waals surface area contributed by atoms with Gasteiger partial charge in [0.2, 0.25) is 0 Å². The molecule has 3 aromatic heterocycles. The van der Waals surface area contributed by atoms with Crippen molar-refractivity contribution < 1.29 is 4.79 Å².